The second-order valence-electron chi connectivity index (χ2n) is 5.36. The van der Waals surface area contributed by atoms with Crippen LogP contribution in [0.1, 0.15) is 31.7 Å². The quantitative estimate of drug-likeness (QED) is 0.601. The molecular weight excluding hydrogens is 290 g/mol. The number of nitrogens with one attached hydrogen (secondary N) is 1. The molecule has 1 heterocycles. The Balaban J connectivity index is 1.78. The van der Waals surface area contributed by atoms with E-state index in [4.69, 9.17) is 0 Å². The van der Waals surface area contributed by atoms with E-state index in [1.807, 2.05) is 36.5 Å². The van der Waals surface area contributed by atoms with Crippen molar-refractivity contribution in [2.45, 2.75) is 32.7 Å². The molecule has 0 unspecified atom stereocenters. The topological polar surface area (TPSA) is 64.0 Å². The number of carbonyl (C=O) groups is 2. The Kier molecular flexibility index (Phi) is 6.29. The van der Waals surface area contributed by atoms with Crippen molar-refractivity contribution in [2.75, 3.05) is 5.32 Å². The first-order valence-electron chi connectivity index (χ1n) is 7.70. The van der Waals surface area contributed by atoms with Gasteiger partial charge in [0.25, 0.3) is 0 Å². The van der Waals surface area contributed by atoms with E-state index in [0.717, 1.165) is 24.9 Å². The molecule has 2 aromatic rings. The highest BCUT2D eigenvalue weighted by Crippen LogP contribution is 2.06. The number of benzene rings is 1. The maximum atomic E-state index is 11.8. The molecule has 0 radical (unpaired) electrons. The number of Topliss-reactive ketones (excluding diaryl/α,β-unsaturated/α-hetero) is 1. The Morgan fingerprint density at radius 1 is 1.17 bits per heavy atom. The highest BCUT2D eigenvalue weighted by atomic mass is 16.1. The first-order valence-corrected chi connectivity index (χ1v) is 7.70. The minimum atomic E-state index is -0.212. The standard InChI is InChI=1S/C18H21N3O2/c1-15(22)7-5-6-13-21-14-12-17(20-21)19-18(23)11-10-16-8-3-2-4-9-16/h2-4,8-12,14H,5-7,13H2,1H3,(H,19,20,23)/b11-10+. The van der Waals surface area contributed by atoms with E-state index >= 15 is 0 Å². The molecule has 0 aliphatic heterocycles. The average Bonchev–Trinajstić information content (AvgIpc) is 2.98. The van der Waals surface area contributed by atoms with Crippen molar-refractivity contribution in [1.82, 2.24) is 9.78 Å². The number of ketones is 1. The first kappa shape index (κ1) is 16.7. The zero-order valence-corrected chi connectivity index (χ0v) is 13.2. The number of hydrogen-bond acceptors (Lipinski definition) is 3. The lowest BCUT2D eigenvalue weighted by Gasteiger charge is -2.01. The van der Waals surface area contributed by atoms with Crippen LogP contribution in [0.5, 0.6) is 0 Å². The van der Waals surface area contributed by atoms with Gasteiger partial charge in [0.1, 0.15) is 5.78 Å². The number of rotatable bonds is 8. The van der Waals surface area contributed by atoms with Gasteiger partial charge in [-0.3, -0.25) is 9.48 Å². The van der Waals surface area contributed by atoms with Crippen molar-refractivity contribution in [3.8, 4) is 0 Å². The van der Waals surface area contributed by atoms with E-state index in [0.29, 0.717) is 12.2 Å². The number of anilines is 1. The molecule has 0 aliphatic rings. The first-order chi connectivity index (χ1) is 11.1. The maximum Gasteiger partial charge on any atom is 0.249 e. The normalized spacial score (nSPS) is 10.8. The summed E-state index contributed by atoms with van der Waals surface area (Å²) in [7, 11) is 0. The van der Waals surface area contributed by atoms with Gasteiger partial charge in [0.05, 0.1) is 0 Å². The van der Waals surface area contributed by atoms with E-state index in [1.54, 1.807) is 23.7 Å². The van der Waals surface area contributed by atoms with Gasteiger partial charge in [-0.05, 0) is 31.4 Å². The molecule has 5 heteroatoms. The summed E-state index contributed by atoms with van der Waals surface area (Å²) in [5.74, 6) is 0.526. The third-order valence-electron chi connectivity index (χ3n) is 3.28. The molecular formula is C18H21N3O2. The van der Waals surface area contributed by atoms with Crippen LogP contribution in [0.2, 0.25) is 0 Å². The van der Waals surface area contributed by atoms with Crippen molar-refractivity contribution in [1.29, 1.82) is 0 Å². The summed E-state index contributed by atoms with van der Waals surface area (Å²) >= 11 is 0. The van der Waals surface area contributed by atoms with E-state index in [9.17, 15) is 9.59 Å². The summed E-state index contributed by atoms with van der Waals surface area (Å²) in [6, 6.07) is 11.4. The summed E-state index contributed by atoms with van der Waals surface area (Å²) in [4.78, 5) is 22.7. The Labute approximate surface area is 136 Å². The summed E-state index contributed by atoms with van der Waals surface area (Å²) in [6.07, 6.45) is 7.42. The monoisotopic (exact) mass is 311 g/mol. The van der Waals surface area contributed by atoms with E-state index in [1.165, 1.54) is 6.08 Å². The molecule has 0 saturated heterocycles. The predicted octanol–water partition coefficient (Wildman–Crippen LogP) is 3.29. The number of unbranched alkanes of at least 4 members (excludes halogenated alkanes) is 1. The lowest BCUT2D eigenvalue weighted by Crippen LogP contribution is -2.09. The molecule has 0 saturated carbocycles. The van der Waals surface area contributed by atoms with Crippen LogP contribution in [0.15, 0.2) is 48.7 Å². The molecule has 23 heavy (non-hydrogen) atoms. The van der Waals surface area contributed by atoms with E-state index in [2.05, 4.69) is 10.4 Å². The Hall–Kier alpha value is -2.69. The summed E-state index contributed by atoms with van der Waals surface area (Å²) in [5, 5.41) is 7.02. The molecule has 0 bridgehead atoms. The van der Waals surface area contributed by atoms with Crippen LogP contribution in [0.3, 0.4) is 0 Å². The lowest BCUT2D eigenvalue weighted by atomic mass is 10.2. The molecule has 0 aliphatic carbocycles. The van der Waals surface area contributed by atoms with Gasteiger partial charge in [-0.2, -0.15) is 5.10 Å². The third-order valence-corrected chi connectivity index (χ3v) is 3.28. The minimum Gasteiger partial charge on any atom is -0.306 e. The molecule has 1 N–H and O–H groups in total. The van der Waals surface area contributed by atoms with Gasteiger partial charge >= 0.3 is 0 Å². The number of nitrogens with zero attached hydrogens (tertiary/aromatic N) is 2. The fraction of sp³-hybridized carbons (Fsp3) is 0.278. The number of amides is 1. The minimum absolute atomic E-state index is 0.212. The molecule has 1 aromatic carbocycles. The smallest absolute Gasteiger partial charge is 0.249 e. The molecule has 5 nitrogen and oxygen atoms in total. The highest BCUT2D eigenvalue weighted by Gasteiger charge is 2.02. The maximum absolute atomic E-state index is 11.8. The van der Waals surface area contributed by atoms with E-state index < -0.39 is 0 Å². The highest BCUT2D eigenvalue weighted by molar-refractivity contribution is 6.01. The van der Waals surface area contributed by atoms with Crippen molar-refractivity contribution in [2.24, 2.45) is 0 Å². The van der Waals surface area contributed by atoms with E-state index in [-0.39, 0.29) is 11.7 Å². The average molecular weight is 311 g/mol. The summed E-state index contributed by atoms with van der Waals surface area (Å²) in [6.45, 7) is 2.34. The van der Waals surface area contributed by atoms with Gasteiger partial charge in [-0.25, -0.2) is 0 Å². The summed E-state index contributed by atoms with van der Waals surface area (Å²) in [5.41, 5.74) is 0.971. The van der Waals surface area contributed by atoms with Crippen molar-refractivity contribution in [3.63, 3.8) is 0 Å². The van der Waals surface area contributed by atoms with Crippen LogP contribution in [-0.4, -0.2) is 21.5 Å². The van der Waals surface area contributed by atoms with Crippen LogP contribution in [0.4, 0.5) is 5.82 Å². The summed E-state index contributed by atoms with van der Waals surface area (Å²) < 4.78 is 1.77. The van der Waals surface area contributed by atoms with Crippen LogP contribution in [0, 0.1) is 0 Å². The fourth-order valence-electron chi connectivity index (χ4n) is 2.10. The Bertz CT molecular complexity index is 675. The lowest BCUT2D eigenvalue weighted by molar-refractivity contribution is -0.117. The van der Waals surface area contributed by atoms with Gasteiger partial charge < -0.3 is 10.1 Å². The molecule has 0 spiro atoms. The Morgan fingerprint density at radius 2 is 1.96 bits per heavy atom. The largest absolute Gasteiger partial charge is 0.306 e. The molecule has 0 atom stereocenters. The molecule has 1 amide bonds. The fourth-order valence-corrected chi connectivity index (χ4v) is 2.10. The van der Waals surface area contributed by atoms with Gasteiger partial charge in [0.2, 0.25) is 5.91 Å². The SMILES string of the molecule is CC(=O)CCCCn1ccc(NC(=O)/C=C/c2ccccc2)n1. The second kappa shape index (κ2) is 8.68. The molecule has 120 valence electrons. The van der Waals surface area contributed by atoms with Crippen molar-refractivity contribution < 1.29 is 9.59 Å². The van der Waals surface area contributed by atoms with Crippen LogP contribution in [-0.2, 0) is 16.1 Å². The number of carbonyl (C=O) groups excluding carboxylic acids is 2. The van der Waals surface area contributed by atoms with Crippen molar-refractivity contribution in [3.05, 3.63) is 54.2 Å². The number of aryl methyl sites for hydroxylation is 1. The van der Waals surface area contributed by atoms with Gasteiger partial charge in [-0.1, -0.05) is 30.3 Å². The van der Waals surface area contributed by atoms with Crippen LogP contribution in [0.25, 0.3) is 6.08 Å². The van der Waals surface area contributed by atoms with Crippen LogP contribution < -0.4 is 5.32 Å². The molecule has 0 fully saturated rings. The van der Waals surface area contributed by atoms with Crippen molar-refractivity contribution >= 4 is 23.6 Å². The Morgan fingerprint density at radius 3 is 2.70 bits per heavy atom. The molecule has 2 rings (SSSR count). The van der Waals surface area contributed by atoms with Gasteiger partial charge in [-0.15, -0.1) is 0 Å². The predicted molar refractivity (Wildman–Crippen MR) is 90.9 cm³/mol. The second-order valence-corrected chi connectivity index (χ2v) is 5.36. The zero-order valence-electron chi connectivity index (χ0n) is 13.2. The zero-order chi connectivity index (χ0) is 16.5. The van der Waals surface area contributed by atoms with Gasteiger partial charge in [0.15, 0.2) is 5.82 Å². The number of hydrogen-bond donors (Lipinski definition) is 1. The van der Waals surface area contributed by atoms with Gasteiger partial charge in [0, 0.05) is 31.3 Å². The molecule has 1 aromatic heterocycles. The number of aromatic nitrogens is 2. The van der Waals surface area contributed by atoms with Crippen LogP contribution >= 0.6 is 0 Å². The third kappa shape index (κ3) is 6.30.